The molecule has 0 amide bonds. The van der Waals surface area contributed by atoms with Crippen LogP contribution in [0.3, 0.4) is 0 Å². The molecule has 0 heterocycles. The van der Waals surface area contributed by atoms with Crippen LogP contribution < -0.4 is 5.32 Å². The highest BCUT2D eigenvalue weighted by Gasteiger charge is 2.06. The number of aliphatic hydroxyl groups is 1. The maximum atomic E-state index is 9.19. The number of allylic oxidation sites excluding steroid dienone is 1. The van der Waals surface area contributed by atoms with Gasteiger partial charge in [0.1, 0.15) is 0 Å². The lowest BCUT2D eigenvalue weighted by Crippen LogP contribution is -2.24. The van der Waals surface area contributed by atoms with Crippen LogP contribution >= 0.6 is 0 Å². The van der Waals surface area contributed by atoms with Crippen LogP contribution in [0, 0.1) is 0 Å². The Hall–Kier alpha value is -1.12. The summed E-state index contributed by atoms with van der Waals surface area (Å²) in [6.07, 6.45) is 4.03. The molecular formula is C12H17NO. The Labute approximate surface area is 85.3 Å². The number of hydrogen-bond donors (Lipinski definition) is 2. The first kappa shape index (κ1) is 11.0. The second-order valence-corrected chi connectivity index (χ2v) is 3.12. The van der Waals surface area contributed by atoms with Crippen molar-refractivity contribution in [1.29, 1.82) is 0 Å². The lowest BCUT2D eigenvalue weighted by atomic mass is 10.1. The molecule has 0 spiro atoms. The lowest BCUT2D eigenvalue weighted by molar-refractivity contribution is 0.248. The third-order valence-corrected chi connectivity index (χ3v) is 2.10. The van der Waals surface area contributed by atoms with E-state index in [0.717, 1.165) is 12.1 Å². The van der Waals surface area contributed by atoms with Gasteiger partial charge in [0.25, 0.3) is 0 Å². The van der Waals surface area contributed by atoms with Crippen molar-refractivity contribution >= 4 is 0 Å². The topological polar surface area (TPSA) is 32.3 Å². The van der Waals surface area contributed by atoms with E-state index >= 15 is 0 Å². The van der Waals surface area contributed by atoms with Gasteiger partial charge in [-0.15, -0.1) is 0 Å². The van der Waals surface area contributed by atoms with Crippen molar-refractivity contribution < 1.29 is 5.11 Å². The zero-order valence-electron chi connectivity index (χ0n) is 8.48. The molecule has 2 nitrogen and oxygen atoms in total. The second-order valence-electron chi connectivity index (χ2n) is 3.12. The minimum absolute atomic E-state index is 0.0346. The normalized spacial score (nSPS) is 13.3. The van der Waals surface area contributed by atoms with Gasteiger partial charge in [-0.2, -0.15) is 0 Å². The van der Waals surface area contributed by atoms with Crippen LogP contribution in [0.4, 0.5) is 0 Å². The highest BCUT2D eigenvalue weighted by Crippen LogP contribution is 2.10. The minimum atomic E-state index is 0.0346. The van der Waals surface area contributed by atoms with E-state index in [9.17, 15) is 5.11 Å². The van der Waals surface area contributed by atoms with Gasteiger partial charge in [0.05, 0.1) is 12.6 Å². The van der Waals surface area contributed by atoms with E-state index in [1.165, 1.54) is 0 Å². The first-order valence-corrected chi connectivity index (χ1v) is 4.88. The molecule has 0 saturated carbocycles. The van der Waals surface area contributed by atoms with E-state index in [1.807, 2.05) is 49.4 Å². The van der Waals surface area contributed by atoms with Crippen molar-refractivity contribution in [2.24, 2.45) is 0 Å². The molecule has 0 unspecified atom stereocenters. The van der Waals surface area contributed by atoms with Gasteiger partial charge >= 0.3 is 0 Å². The molecule has 0 radical (unpaired) electrons. The van der Waals surface area contributed by atoms with Gasteiger partial charge in [-0.3, -0.25) is 0 Å². The third-order valence-electron chi connectivity index (χ3n) is 2.10. The van der Waals surface area contributed by atoms with Crippen molar-refractivity contribution in [2.45, 2.75) is 13.0 Å². The van der Waals surface area contributed by atoms with Gasteiger partial charge in [0.15, 0.2) is 0 Å². The van der Waals surface area contributed by atoms with E-state index in [1.54, 1.807) is 0 Å². The smallest absolute Gasteiger partial charge is 0.0626 e. The molecule has 1 aromatic rings. The van der Waals surface area contributed by atoms with Crippen LogP contribution in [0.15, 0.2) is 42.5 Å². The van der Waals surface area contributed by atoms with Crippen LogP contribution in [0.5, 0.6) is 0 Å². The number of rotatable bonds is 5. The Bertz CT molecular complexity index is 269. The summed E-state index contributed by atoms with van der Waals surface area (Å²) in [6, 6.07) is 10.0. The van der Waals surface area contributed by atoms with Crippen molar-refractivity contribution in [1.82, 2.24) is 5.32 Å². The fourth-order valence-corrected chi connectivity index (χ4v) is 1.30. The van der Waals surface area contributed by atoms with Gasteiger partial charge in [-0.25, -0.2) is 0 Å². The molecule has 14 heavy (non-hydrogen) atoms. The molecular weight excluding hydrogens is 174 g/mol. The lowest BCUT2D eigenvalue weighted by Gasteiger charge is -2.15. The van der Waals surface area contributed by atoms with Crippen LogP contribution in [0.2, 0.25) is 0 Å². The van der Waals surface area contributed by atoms with Crippen molar-refractivity contribution in [3.8, 4) is 0 Å². The SMILES string of the molecule is C/C=C/CN[C@@H](CO)c1ccccc1. The highest BCUT2D eigenvalue weighted by atomic mass is 16.3. The summed E-state index contributed by atoms with van der Waals surface area (Å²) in [5.41, 5.74) is 1.12. The Morgan fingerprint density at radius 1 is 1.36 bits per heavy atom. The first-order valence-electron chi connectivity index (χ1n) is 4.88. The molecule has 0 aromatic heterocycles. The van der Waals surface area contributed by atoms with Crippen LogP contribution in [-0.2, 0) is 0 Å². The average molecular weight is 191 g/mol. The minimum Gasteiger partial charge on any atom is -0.394 e. The molecule has 76 valence electrons. The Morgan fingerprint density at radius 2 is 2.07 bits per heavy atom. The summed E-state index contributed by atoms with van der Waals surface area (Å²) < 4.78 is 0. The largest absolute Gasteiger partial charge is 0.394 e. The van der Waals surface area contributed by atoms with Crippen LogP contribution in [0.1, 0.15) is 18.5 Å². The zero-order chi connectivity index (χ0) is 10.2. The predicted molar refractivity (Wildman–Crippen MR) is 59.1 cm³/mol. The summed E-state index contributed by atoms with van der Waals surface area (Å²) in [5.74, 6) is 0. The second kappa shape index (κ2) is 6.35. The third kappa shape index (κ3) is 3.32. The molecule has 1 rings (SSSR count). The van der Waals surface area contributed by atoms with Gasteiger partial charge in [-0.1, -0.05) is 42.5 Å². The van der Waals surface area contributed by atoms with Crippen LogP contribution in [0.25, 0.3) is 0 Å². The molecule has 0 aliphatic heterocycles. The summed E-state index contributed by atoms with van der Waals surface area (Å²) in [6.45, 7) is 2.90. The molecule has 1 atom stereocenters. The van der Waals surface area contributed by atoms with Gasteiger partial charge in [-0.05, 0) is 12.5 Å². The van der Waals surface area contributed by atoms with Gasteiger partial charge in [0.2, 0.25) is 0 Å². The van der Waals surface area contributed by atoms with E-state index in [-0.39, 0.29) is 12.6 Å². The maximum absolute atomic E-state index is 9.19. The monoisotopic (exact) mass is 191 g/mol. The summed E-state index contributed by atoms with van der Waals surface area (Å²) in [4.78, 5) is 0. The standard InChI is InChI=1S/C12H17NO/c1-2-3-9-13-12(10-14)11-7-5-4-6-8-11/h2-8,12-14H,9-10H2,1H3/b3-2+/t12-/m0/s1. The van der Waals surface area contributed by atoms with Crippen molar-refractivity contribution in [3.05, 3.63) is 48.0 Å². The molecule has 0 aliphatic carbocycles. The Balaban J connectivity index is 2.54. The predicted octanol–water partition coefficient (Wildman–Crippen LogP) is 1.89. The van der Waals surface area contributed by atoms with E-state index in [0.29, 0.717) is 0 Å². The highest BCUT2D eigenvalue weighted by molar-refractivity contribution is 5.18. The fraction of sp³-hybridized carbons (Fsp3) is 0.333. The van der Waals surface area contributed by atoms with E-state index in [4.69, 9.17) is 0 Å². The molecule has 2 N–H and O–H groups in total. The molecule has 0 bridgehead atoms. The molecule has 0 fully saturated rings. The number of nitrogens with one attached hydrogen (secondary N) is 1. The average Bonchev–Trinajstić information content (AvgIpc) is 2.26. The summed E-state index contributed by atoms with van der Waals surface area (Å²) in [5, 5.41) is 12.4. The Morgan fingerprint density at radius 3 is 2.64 bits per heavy atom. The summed E-state index contributed by atoms with van der Waals surface area (Å²) >= 11 is 0. The van der Waals surface area contributed by atoms with E-state index < -0.39 is 0 Å². The van der Waals surface area contributed by atoms with Crippen molar-refractivity contribution in [3.63, 3.8) is 0 Å². The molecule has 1 aromatic carbocycles. The molecule has 0 aliphatic rings. The zero-order valence-corrected chi connectivity index (χ0v) is 8.48. The Kier molecular flexibility index (Phi) is 4.97. The van der Waals surface area contributed by atoms with Gasteiger partial charge < -0.3 is 10.4 Å². The first-order chi connectivity index (χ1) is 6.88. The van der Waals surface area contributed by atoms with E-state index in [2.05, 4.69) is 5.32 Å². The quantitative estimate of drug-likeness (QED) is 0.696. The number of aliphatic hydroxyl groups excluding tert-OH is 1. The number of benzene rings is 1. The van der Waals surface area contributed by atoms with Crippen LogP contribution in [-0.4, -0.2) is 18.3 Å². The molecule has 2 heteroatoms. The number of hydrogen-bond acceptors (Lipinski definition) is 2. The summed E-state index contributed by atoms with van der Waals surface area (Å²) in [7, 11) is 0. The van der Waals surface area contributed by atoms with Gasteiger partial charge in [0, 0.05) is 6.54 Å². The maximum Gasteiger partial charge on any atom is 0.0626 e. The molecule has 0 saturated heterocycles. The van der Waals surface area contributed by atoms with Crippen molar-refractivity contribution in [2.75, 3.05) is 13.2 Å². The fourth-order valence-electron chi connectivity index (χ4n) is 1.30.